The van der Waals surface area contributed by atoms with E-state index in [2.05, 4.69) is 0 Å². The van der Waals surface area contributed by atoms with Crippen molar-refractivity contribution in [3.63, 3.8) is 0 Å². The number of aromatic hydroxyl groups is 1. The number of rotatable bonds is 1. The van der Waals surface area contributed by atoms with E-state index in [4.69, 9.17) is 11.6 Å². The van der Waals surface area contributed by atoms with Crippen LogP contribution in [0.2, 0.25) is 5.02 Å². The molecule has 0 heterocycles. The molecule has 0 saturated carbocycles. The SMILES string of the molecule is OCc1c(O)c(Cl)cc2c1CCCCC2. The quantitative estimate of drug-likeness (QED) is 0.723. The lowest BCUT2D eigenvalue weighted by atomic mass is 9.96. The smallest absolute Gasteiger partial charge is 0.139 e. The van der Waals surface area contributed by atoms with E-state index in [0.717, 1.165) is 24.8 Å². The third kappa shape index (κ3) is 1.97. The maximum Gasteiger partial charge on any atom is 0.139 e. The third-order valence-electron chi connectivity index (χ3n) is 3.10. The summed E-state index contributed by atoms with van der Waals surface area (Å²) >= 11 is 5.92. The zero-order valence-corrected chi connectivity index (χ0v) is 9.35. The highest BCUT2D eigenvalue weighted by atomic mass is 35.5. The summed E-state index contributed by atoms with van der Waals surface area (Å²) in [4.78, 5) is 0. The molecule has 15 heavy (non-hydrogen) atoms. The van der Waals surface area contributed by atoms with Crippen molar-refractivity contribution < 1.29 is 10.2 Å². The Morgan fingerprint density at radius 1 is 1.20 bits per heavy atom. The number of benzene rings is 1. The van der Waals surface area contributed by atoms with Gasteiger partial charge < -0.3 is 10.2 Å². The Bertz CT molecular complexity index is 374. The Labute approximate surface area is 94.5 Å². The van der Waals surface area contributed by atoms with Gasteiger partial charge in [-0.25, -0.2) is 0 Å². The molecule has 2 N–H and O–H groups in total. The van der Waals surface area contributed by atoms with Crippen molar-refractivity contribution in [1.82, 2.24) is 0 Å². The monoisotopic (exact) mass is 226 g/mol. The summed E-state index contributed by atoms with van der Waals surface area (Å²) in [7, 11) is 0. The molecule has 2 nitrogen and oxygen atoms in total. The molecule has 0 amide bonds. The summed E-state index contributed by atoms with van der Waals surface area (Å²) in [6, 6.07) is 1.84. The Morgan fingerprint density at radius 2 is 1.93 bits per heavy atom. The molecule has 2 rings (SSSR count). The van der Waals surface area contributed by atoms with Gasteiger partial charge in [0.15, 0.2) is 0 Å². The number of fused-ring (bicyclic) bond motifs is 1. The minimum atomic E-state index is -0.130. The first-order chi connectivity index (χ1) is 7.24. The number of phenols is 1. The molecule has 0 aromatic heterocycles. The van der Waals surface area contributed by atoms with E-state index < -0.39 is 0 Å². The van der Waals surface area contributed by atoms with Gasteiger partial charge in [0.25, 0.3) is 0 Å². The van der Waals surface area contributed by atoms with Crippen LogP contribution in [0.15, 0.2) is 6.07 Å². The van der Waals surface area contributed by atoms with Crippen LogP contribution in [-0.2, 0) is 19.4 Å². The van der Waals surface area contributed by atoms with Crippen molar-refractivity contribution in [3.8, 4) is 5.75 Å². The molecule has 0 fully saturated rings. The van der Waals surface area contributed by atoms with Gasteiger partial charge in [-0.1, -0.05) is 18.0 Å². The number of halogens is 1. The second-order valence-corrected chi connectivity index (χ2v) is 4.45. The first-order valence-electron chi connectivity index (χ1n) is 5.37. The summed E-state index contributed by atoms with van der Waals surface area (Å²) in [5.74, 6) is 0.0554. The number of aliphatic hydroxyl groups is 1. The van der Waals surface area contributed by atoms with E-state index in [1.807, 2.05) is 6.07 Å². The molecule has 0 aliphatic heterocycles. The predicted octanol–water partition coefficient (Wildman–Crippen LogP) is 2.81. The average molecular weight is 227 g/mol. The lowest BCUT2D eigenvalue weighted by Crippen LogP contribution is -1.99. The fourth-order valence-electron chi connectivity index (χ4n) is 2.29. The van der Waals surface area contributed by atoms with Crippen molar-refractivity contribution in [3.05, 3.63) is 27.8 Å². The van der Waals surface area contributed by atoms with Crippen LogP contribution in [0.25, 0.3) is 0 Å². The molecule has 1 aliphatic carbocycles. The normalized spacial score (nSPS) is 15.9. The molecule has 0 bridgehead atoms. The van der Waals surface area contributed by atoms with Crippen LogP contribution < -0.4 is 0 Å². The van der Waals surface area contributed by atoms with Gasteiger partial charge in [-0.2, -0.15) is 0 Å². The van der Waals surface area contributed by atoms with Gasteiger partial charge in [0, 0.05) is 5.56 Å². The van der Waals surface area contributed by atoms with Gasteiger partial charge in [-0.3, -0.25) is 0 Å². The Balaban J connectivity index is 2.56. The van der Waals surface area contributed by atoms with Crippen molar-refractivity contribution in [2.24, 2.45) is 0 Å². The first-order valence-corrected chi connectivity index (χ1v) is 5.74. The second-order valence-electron chi connectivity index (χ2n) is 4.04. The summed E-state index contributed by atoms with van der Waals surface area (Å²) < 4.78 is 0. The molecule has 3 heteroatoms. The molecule has 0 atom stereocenters. The van der Waals surface area contributed by atoms with Crippen LogP contribution in [0, 0.1) is 0 Å². The molecule has 0 radical (unpaired) electrons. The molecule has 1 aliphatic rings. The highest BCUT2D eigenvalue weighted by Gasteiger charge is 2.17. The summed E-state index contributed by atoms with van der Waals surface area (Å²) in [6.07, 6.45) is 5.44. The Hall–Kier alpha value is -0.730. The third-order valence-corrected chi connectivity index (χ3v) is 3.38. The highest BCUT2D eigenvalue weighted by molar-refractivity contribution is 6.32. The highest BCUT2D eigenvalue weighted by Crippen LogP contribution is 2.35. The molecule has 0 spiro atoms. The molecule has 82 valence electrons. The summed E-state index contributed by atoms with van der Waals surface area (Å²) in [5, 5.41) is 19.4. The van der Waals surface area contributed by atoms with Gasteiger partial charge in [0.2, 0.25) is 0 Å². The minimum absolute atomic E-state index is 0.0554. The number of aliphatic hydroxyl groups excluding tert-OH is 1. The van der Waals surface area contributed by atoms with Gasteiger partial charge in [0.1, 0.15) is 5.75 Å². The van der Waals surface area contributed by atoms with Crippen LogP contribution in [-0.4, -0.2) is 10.2 Å². The fraction of sp³-hybridized carbons (Fsp3) is 0.500. The van der Waals surface area contributed by atoms with Crippen LogP contribution in [0.4, 0.5) is 0 Å². The maximum atomic E-state index is 9.75. The van der Waals surface area contributed by atoms with Gasteiger partial charge in [-0.15, -0.1) is 0 Å². The predicted molar refractivity (Wildman–Crippen MR) is 60.3 cm³/mol. The van der Waals surface area contributed by atoms with Crippen molar-refractivity contribution in [2.45, 2.75) is 38.7 Å². The lowest BCUT2D eigenvalue weighted by molar-refractivity contribution is 0.274. The topological polar surface area (TPSA) is 40.5 Å². The minimum Gasteiger partial charge on any atom is -0.506 e. The van der Waals surface area contributed by atoms with Crippen LogP contribution in [0.5, 0.6) is 5.75 Å². The zero-order valence-electron chi connectivity index (χ0n) is 8.59. The number of hydrogen-bond acceptors (Lipinski definition) is 2. The molecular formula is C12H15ClO2. The van der Waals surface area contributed by atoms with Gasteiger partial charge in [-0.05, 0) is 42.9 Å². The van der Waals surface area contributed by atoms with Crippen LogP contribution in [0.3, 0.4) is 0 Å². The van der Waals surface area contributed by atoms with E-state index >= 15 is 0 Å². The summed E-state index contributed by atoms with van der Waals surface area (Å²) in [5.41, 5.74) is 2.93. The molecule has 1 aromatic rings. The number of hydrogen-bond donors (Lipinski definition) is 2. The maximum absolute atomic E-state index is 9.75. The Kier molecular flexibility index (Phi) is 3.17. The molecule has 0 unspecified atom stereocenters. The van der Waals surface area contributed by atoms with Crippen molar-refractivity contribution in [2.75, 3.05) is 0 Å². The molecule has 1 aromatic carbocycles. The van der Waals surface area contributed by atoms with Crippen LogP contribution in [0.1, 0.15) is 36.0 Å². The van der Waals surface area contributed by atoms with E-state index in [1.165, 1.54) is 18.4 Å². The first kappa shape index (κ1) is 10.8. The second kappa shape index (κ2) is 4.42. The van der Waals surface area contributed by atoms with Gasteiger partial charge >= 0.3 is 0 Å². The standard InChI is InChI=1S/C12H15ClO2/c13-11-6-8-4-2-1-3-5-9(8)10(7-14)12(11)15/h6,14-15H,1-5,7H2. The van der Waals surface area contributed by atoms with Gasteiger partial charge in [0.05, 0.1) is 11.6 Å². The summed E-state index contributed by atoms with van der Waals surface area (Å²) in [6.45, 7) is -0.130. The lowest BCUT2D eigenvalue weighted by Gasteiger charge is -2.13. The van der Waals surface area contributed by atoms with Crippen molar-refractivity contribution in [1.29, 1.82) is 0 Å². The van der Waals surface area contributed by atoms with E-state index in [0.29, 0.717) is 10.6 Å². The van der Waals surface area contributed by atoms with E-state index in [1.54, 1.807) is 0 Å². The Morgan fingerprint density at radius 3 is 2.67 bits per heavy atom. The fourth-order valence-corrected chi connectivity index (χ4v) is 2.53. The average Bonchev–Trinajstić information content (AvgIpc) is 2.45. The van der Waals surface area contributed by atoms with Crippen LogP contribution >= 0.6 is 11.6 Å². The molecular weight excluding hydrogens is 212 g/mol. The van der Waals surface area contributed by atoms with Crippen molar-refractivity contribution >= 4 is 11.6 Å². The largest absolute Gasteiger partial charge is 0.506 e. The van der Waals surface area contributed by atoms with E-state index in [-0.39, 0.29) is 12.4 Å². The number of aryl methyl sites for hydroxylation is 1. The molecule has 0 saturated heterocycles. The van der Waals surface area contributed by atoms with E-state index in [9.17, 15) is 10.2 Å². The zero-order chi connectivity index (χ0) is 10.8.